The molecule has 1 nitrogen and oxygen atoms in total. The van der Waals surface area contributed by atoms with Crippen molar-refractivity contribution in [1.29, 1.82) is 0 Å². The molecule has 0 heterocycles. The fourth-order valence-electron chi connectivity index (χ4n) is 1.25. The maximum absolute atomic E-state index is 11.1. The minimum absolute atomic E-state index is 0.293. The summed E-state index contributed by atoms with van der Waals surface area (Å²) in [6.45, 7) is 5.55. The van der Waals surface area contributed by atoms with Gasteiger partial charge in [-0.2, -0.15) is 0 Å². The molecule has 0 saturated carbocycles. The van der Waals surface area contributed by atoms with Crippen molar-refractivity contribution in [2.45, 2.75) is 26.2 Å². The van der Waals surface area contributed by atoms with Crippen molar-refractivity contribution in [3.63, 3.8) is 0 Å². The first kappa shape index (κ1) is 7.26. The van der Waals surface area contributed by atoms with Crippen molar-refractivity contribution in [1.82, 2.24) is 0 Å². The molecule has 0 radical (unpaired) electrons. The van der Waals surface area contributed by atoms with Gasteiger partial charge in [0.2, 0.25) is 0 Å². The van der Waals surface area contributed by atoms with Crippen LogP contribution in [-0.4, -0.2) is 5.78 Å². The van der Waals surface area contributed by atoms with Gasteiger partial charge in [0, 0.05) is 6.42 Å². The summed E-state index contributed by atoms with van der Waals surface area (Å²) >= 11 is 0. The van der Waals surface area contributed by atoms with E-state index in [2.05, 4.69) is 6.58 Å². The van der Waals surface area contributed by atoms with Gasteiger partial charge in [-0.1, -0.05) is 12.7 Å². The van der Waals surface area contributed by atoms with Crippen LogP contribution in [0.15, 0.2) is 23.8 Å². The highest BCUT2D eigenvalue weighted by molar-refractivity contribution is 5.96. The standard InChI is InChI=1S/C9H12O/c1-3-8-5-4-6-9(10)7(8)2/h3H,1,4-6H2,2H3. The van der Waals surface area contributed by atoms with Gasteiger partial charge in [0.15, 0.2) is 5.78 Å². The quantitative estimate of drug-likeness (QED) is 0.540. The summed E-state index contributed by atoms with van der Waals surface area (Å²) in [6.07, 6.45) is 4.55. The van der Waals surface area contributed by atoms with E-state index in [1.807, 2.05) is 6.92 Å². The Hall–Kier alpha value is -0.850. The molecular formula is C9H12O. The summed E-state index contributed by atoms with van der Waals surface area (Å²) in [5, 5.41) is 0. The van der Waals surface area contributed by atoms with Crippen LogP contribution >= 0.6 is 0 Å². The Morgan fingerprint density at radius 1 is 1.50 bits per heavy atom. The van der Waals surface area contributed by atoms with E-state index in [1.165, 1.54) is 0 Å². The third-order valence-corrected chi connectivity index (χ3v) is 2.00. The second-order valence-electron chi connectivity index (χ2n) is 2.63. The molecule has 0 aromatic rings. The van der Waals surface area contributed by atoms with Crippen LogP contribution in [0.25, 0.3) is 0 Å². The highest BCUT2D eigenvalue weighted by Crippen LogP contribution is 2.21. The lowest BCUT2D eigenvalue weighted by Crippen LogP contribution is -2.07. The van der Waals surface area contributed by atoms with Crippen LogP contribution in [0.3, 0.4) is 0 Å². The van der Waals surface area contributed by atoms with Crippen molar-refractivity contribution in [2.75, 3.05) is 0 Å². The zero-order valence-electron chi connectivity index (χ0n) is 6.31. The molecule has 0 aromatic carbocycles. The zero-order valence-corrected chi connectivity index (χ0v) is 6.31. The molecule has 0 spiro atoms. The van der Waals surface area contributed by atoms with E-state index in [0.717, 1.165) is 30.4 Å². The van der Waals surface area contributed by atoms with Crippen molar-refractivity contribution in [3.05, 3.63) is 23.8 Å². The third-order valence-electron chi connectivity index (χ3n) is 2.00. The number of rotatable bonds is 1. The van der Waals surface area contributed by atoms with Gasteiger partial charge < -0.3 is 0 Å². The van der Waals surface area contributed by atoms with Crippen LogP contribution in [0.2, 0.25) is 0 Å². The molecule has 0 amide bonds. The van der Waals surface area contributed by atoms with Crippen LogP contribution in [0.4, 0.5) is 0 Å². The number of hydrogen-bond acceptors (Lipinski definition) is 1. The molecule has 1 heteroatoms. The maximum Gasteiger partial charge on any atom is 0.158 e. The number of carbonyl (C=O) groups excluding carboxylic acids is 1. The van der Waals surface area contributed by atoms with E-state index in [1.54, 1.807) is 6.08 Å². The Morgan fingerprint density at radius 3 is 2.70 bits per heavy atom. The van der Waals surface area contributed by atoms with Crippen LogP contribution in [0.1, 0.15) is 26.2 Å². The largest absolute Gasteiger partial charge is 0.295 e. The minimum Gasteiger partial charge on any atom is -0.295 e. The highest BCUT2D eigenvalue weighted by atomic mass is 16.1. The van der Waals surface area contributed by atoms with E-state index < -0.39 is 0 Å². The molecule has 0 saturated heterocycles. The van der Waals surface area contributed by atoms with Gasteiger partial charge in [0.25, 0.3) is 0 Å². The van der Waals surface area contributed by atoms with Crippen LogP contribution in [0.5, 0.6) is 0 Å². The summed E-state index contributed by atoms with van der Waals surface area (Å²) in [5.41, 5.74) is 2.05. The smallest absolute Gasteiger partial charge is 0.158 e. The molecular weight excluding hydrogens is 124 g/mol. The Bertz CT molecular complexity index is 199. The first-order valence-corrected chi connectivity index (χ1v) is 3.61. The Morgan fingerprint density at radius 2 is 2.20 bits per heavy atom. The molecule has 1 aliphatic rings. The molecule has 1 rings (SSSR count). The number of ketones is 1. The van der Waals surface area contributed by atoms with E-state index >= 15 is 0 Å². The predicted molar refractivity (Wildman–Crippen MR) is 41.8 cm³/mol. The number of allylic oxidation sites excluding steroid dienone is 3. The van der Waals surface area contributed by atoms with E-state index in [9.17, 15) is 4.79 Å². The lowest BCUT2D eigenvalue weighted by atomic mass is 9.92. The van der Waals surface area contributed by atoms with Crippen LogP contribution < -0.4 is 0 Å². The SMILES string of the molecule is C=CC1=C(C)C(=O)CCC1. The Kier molecular flexibility index (Phi) is 2.05. The Balaban J connectivity index is 2.92. The van der Waals surface area contributed by atoms with Crippen molar-refractivity contribution in [3.8, 4) is 0 Å². The average Bonchev–Trinajstić information content (AvgIpc) is 1.95. The molecule has 0 aromatic heterocycles. The maximum atomic E-state index is 11.1. The van der Waals surface area contributed by atoms with E-state index in [-0.39, 0.29) is 0 Å². The summed E-state index contributed by atoms with van der Waals surface area (Å²) in [4.78, 5) is 11.1. The van der Waals surface area contributed by atoms with E-state index in [4.69, 9.17) is 0 Å². The Labute approximate surface area is 61.4 Å². The monoisotopic (exact) mass is 136 g/mol. The van der Waals surface area contributed by atoms with Gasteiger partial charge in [-0.25, -0.2) is 0 Å². The summed E-state index contributed by atoms with van der Waals surface area (Å²) in [6, 6.07) is 0. The summed E-state index contributed by atoms with van der Waals surface area (Å²) < 4.78 is 0. The normalized spacial score (nSPS) is 19.5. The molecule has 10 heavy (non-hydrogen) atoms. The number of hydrogen-bond donors (Lipinski definition) is 0. The molecule has 1 aliphatic carbocycles. The molecule has 0 N–H and O–H groups in total. The fraction of sp³-hybridized carbons (Fsp3) is 0.444. The first-order valence-electron chi connectivity index (χ1n) is 3.61. The average molecular weight is 136 g/mol. The van der Waals surface area contributed by atoms with Crippen molar-refractivity contribution < 1.29 is 4.79 Å². The number of carbonyl (C=O) groups is 1. The van der Waals surface area contributed by atoms with Gasteiger partial charge in [-0.3, -0.25) is 4.79 Å². The van der Waals surface area contributed by atoms with Crippen molar-refractivity contribution >= 4 is 5.78 Å². The van der Waals surface area contributed by atoms with Gasteiger partial charge in [0.1, 0.15) is 0 Å². The molecule has 0 fully saturated rings. The topological polar surface area (TPSA) is 17.1 Å². The molecule has 0 bridgehead atoms. The van der Waals surface area contributed by atoms with Crippen LogP contribution in [0, 0.1) is 0 Å². The molecule has 54 valence electrons. The van der Waals surface area contributed by atoms with Gasteiger partial charge in [-0.15, -0.1) is 0 Å². The summed E-state index contributed by atoms with van der Waals surface area (Å²) in [7, 11) is 0. The van der Waals surface area contributed by atoms with Crippen molar-refractivity contribution in [2.24, 2.45) is 0 Å². The third kappa shape index (κ3) is 1.18. The summed E-state index contributed by atoms with van der Waals surface area (Å²) in [5.74, 6) is 0.293. The lowest BCUT2D eigenvalue weighted by Gasteiger charge is -2.12. The molecule has 0 unspecified atom stereocenters. The van der Waals surface area contributed by atoms with Gasteiger partial charge in [0.05, 0.1) is 0 Å². The number of Topliss-reactive ketones (excluding diaryl/α,β-unsaturated/α-hetero) is 1. The van der Waals surface area contributed by atoms with E-state index in [0.29, 0.717) is 5.78 Å². The molecule has 0 atom stereocenters. The van der Waals surface area contributed by atoms with Gasteiger partial charge >= 0.3 is 0 Å². The second kappa shape index (κ2) is 2.82. The minimum atomic E-state index is 0.293. The fourth-order valence-corrected chi connectivity index (χ4v) is 1.25. The lowest BCUT2D eigenvalue weighted by molar-refractivity contribution is -0.116. The van der Waals surface area contributed by atoms with Crippen LogP contribution in [-0.2, 0) is 4.79 Å². The predicted octanol–water partition coefficient (Wildman–Crippen LogP) is 2.24. The highest BCUT2D eigenvalue weighted by Gasteiger charge is 2.13. The second-order valence-corrected chi connectivity index (χ2v) is 2.63. The first-order chi connectivity index (χ1) is 4.75. The molecule has 0 aliphatic heterocycles. The zero-order chi connectivity index (χ0) is 7.56. The van der Waals surface area contributed by atoms with Gasteiger partial charge in [-0.05, 0) is 30.9 Å².